The van der Waals surface area contributed by atoms with Crippen molar-refractivity contribution in [3.05, 3.63) is 77.6 Å². The third-order valence-corrected chi connectivity index (χ3v) is 4.75. The number of amides is 1. The van der Waals surface area contributed by atoms with E-state index >= 15 is 0 Å². The van der Waals surface area contributed by atoms with E-state index < -0.39 is 0 Å². The monoisotopic (exact) mass is 377 g/mol. The largest absolute Gasteiger partial charge is 0.344 e. The number of halogens is 1. The number of carbonyl (C=O) groups excluding carboxylic acids is 1. The lowest BCUT2D eigenvalue weighted by molar-refractivity contribution is 0.0939. The van der Waals surface area contributed by atoms with Gasteiger partial charge in [0.1, 0.15) is 5.82 Å². The topological polar surface area (TPSA) is 71.0 Å². The quantitative estimate of drug-likeness (QED) is 0.752. The van der Waals surface area contributed by atoms with Crippen LogP contribution in [0, 0.1) is 5.82 Å². The highest BCUT2D eigenvalue weighted by Crippen LogP contribution is 2.31. The van der Waals surface area contributed by atoms with E-state index in [1.807, 2.05) is 19.1 Å². The van der Waals surface area contributed by atoms with Gasteiger partial charge >= 0.3 is 0 Å². The Morgan fingerprint density at radius 2 is 1.89 bits per heavy atom. The van der Waals surface area contributed by atoms with Gasteiger partial charge in [0.05, 0.1) is 23.1 Å². The second kappa shape index (κ2) is 7.72. The van der Waals surface area contributed by atoms with Gasteiger partial charge < -0.3 is 10.2 Å². The highest BCUT2D eigenvalue weighted by molar-refractivity contribution is 5.94. The predicted octanol–water partition coefficient (Wildman–Crippen LogP) is 3.59. The van der Waals surface area contributed by atoms with Crippen LogP contribution in [0.15, 0.2) is 54.9 Å². The first kappa shape index (κ1) is 18.0. The lowest BCUT2D eigenvalue weighted by atomic mass is 10.1. The minimum Gasteiger partial charge on any atom is -0.344 e. The van der Waals surface area contributed by atoms with Crippen LogP contribution < -0.4 is 10.2 Å². The summed E-state index contributed by atoms with van der Waals surface area (Å²) in [5.74, 6) is 0.0369. The number of aryl methyl sites for hydroxylation is 1. The molecule has 1 aliphatic heterocycles. The van der Waals surface area contributed by atoms with Gasteiger partial charge in [-0.25, -0.2) is 14.4 Å². The molecule has 0 fully saturated rings. The van der Waals surface area contributed by atoms with Crippen LogP contribution in [0.25, 0.3) is 0 Å². The Morgan fingerprint density at radius 1 is 1.14 bits per heavy atom. The number of hydrogen-bond donors (Lipinski definition) is 1. The smallest absolute Gasteiger partial charge is 0.251 e. The average molecular weight is 377 g/mol. The zero-order valence-corrected chi connectivity index (χ0v) is 15.5. The van der Waals surface area contributed by atoms with Crippen molar-refractivity contribution in [1.29, 1.82) is 0 Å². The third-order valence-electron chi connectivity index (χ3n) is 4.75. The lowest BCUT2D eigenvalue weighted by Gasteiger charge is -2.29. The zero-order chi connectivity index (χ0) is 19.5. The molecule has 0 unspecified atom stereocenters. The zero-order valence-electron chi connectivity index (χ0n) is 15.5. The van der Waals surface area contributed by atoms with Crippen LogP contribution in [0.5, 0.6) is 0 Å². The van der Waals surface area contributed by atoms with E-state index in [9.17, 15) is 9.18 Å². The number of benzene rings is 1. The van der Waals surface area contributed by atoms with Gasteiger partial charge in [-0.3, -0.25) is 9.78 Å². The molecule has 1 aromatic carbocycles. The fraction of sp³-hybridized carbons (Fsp3) is 0.238. The third kappa shape index (κ3) is 3.69. The van der Waals surface area contributed by atoms with Crippen molar-refractivity contribution in [2.45, 2.75) is 25.8 Å². The highest BCUT2D eigenvalue weighted by Gasteiger charge is 2.22. The predicted molar refractivity (Wildman–Crippen MR) is 104 cm³/mol. The van der Waals surface area contributed by atoms with E-state index in [1.165, 1.54) is 24.3 Å². The van der Waals surface area contributed by atoms with Crippen molar-refractivity contribution < 1.29 is 9.18 Å². The molecule has 28 heavy (non-hydrogen) atoms. The number of anilines is 2. The second-order valence-corrected chi connectivity index (χ2v) is 6.71. The first-order valence-corrected chi connectivity index (χ1v) is 9.22. The number of nitrogens with zero attached hydrogens (tertiary/aromatic N) is 4. The summed E-state index contributed by atoms with van der Waals surface area (Å²) in [6.07, 6.45) is 5.28. The number of nitrogens with one attached hydrogen (secondary N) is 1. The summed E-state index contributed by atoms with van der Waals surface area (Å²) >= 11 is 0. The van der Waals surface area contributed by atoms with E-state index in [2.05, 4.69) is 20.2 Å². The molecule has 2 aromatic heterocycles. The molecule has 0 saturated heterocycles. The maximum atomic E-state index is 13.0. The number of carbonyl (C=O) groups is 1. The van der Waals surface area contributed by atoms with Crippen molar-refractivity contribution >= 4 is 17.5 Å². The Morgan fingerprint density at radius 3 is 2.64 bits per heavy atom. The van der Waals surface area contributed by atoms with Gasteiger partial charge in [0.15, 0.2) is 0 Å². The molecule has 142 valence electrons. The maximum absolute atomic E-state index is 13.0. The Hall–Kier alpha value is -3.35. The molecule has 0 spiro atoms. The molecule has 0 radical (unpaired) electrons. The molecule has 1 atom stereocenters. The lowest BCUT2D eigenvalue weighted by Crippen LogP contribution is -2.29. The van der Waals surface area contributed by atoms with Gasteiger partial charge in [0.25, 0.3) is 5.91 Å². The van der Waals surface area contributed by atoms with Crippen LogP contribution in [0.2, 0.25) is 0 Å². The van der Waals surface area contributed by atoms with Gasteiger partial charge in [-0.05, 0) is 62.2 Å². The van der Waals surface area contributed by atoms with Gasteiger partial charge in [0.2, 0.25) is 5.95 Å². The normalized spacial score (nSPS) is 14.3. The fourth-order valence-corrected chi connectivity index (χ4v) is 3.30. The molecule has 3 aromatic rings. The Bertz CT molecular complexity index is 978. The molecule has 0 aliphatic carbocycles. The van der Waals surface area contributed by atoms with Gasteiger partial charge in [-0.1, -0.05) is 0 Å². The van der Waals surface area contributed by atoms with Crippen LogP contribution in [0.3, 0.4) is 0 Å². The van der Waals surface area contributed by atoms with Crippen LogP contribution >= 0.6 is 0 Å². The van der Waals surface area contributed by atoms with Crippen molar-refractivity contribution in [3.63, 3.8) is 0 Å². The Kier molecular flexibility index (Phi) is 4.97. The summed E-state index contributed by atoms with van der Waals surface area (Å²) < 4.78 is 13.0. The number of rotatable bonds is 4. The molecule has 0 saturated carbocycles. The summed E-state index contributed by atoms with van der Waals surface area (Å²) in [5, 5.41) is 2.92. The average Bonchev–Trinajstić information content (AvgIpc) is 2.74. The first-order valence-electron chi connectivity index (χ1n) is 9.22. The first-order chi connectivity index (χ1) is 13.6. The van der Waals surface area contributed by atoms with Crippen molar-refractivity contribution in [3.8, 4) is 0 Å². The molecule has 3 heterocycles. The minimum absolute atomic E-state index is 0.258. The molecule has 1 N–H and O–H groups in total. The van der Waals surface area contributed by atoms with E-state index in [1.54, 1.807) is 18.5 Å². The number of fused-ring (bicyclic) bond motifs is 1. The fourth-order valence-electron chi connectivity index (χ4n) is 3.30. The van der Waals surface area contributed by atoms with Crippen LogP contribution in [0.4, 0.5) is 16.0 Å². The molecule has 1 aliphatic rings. The molecular formula is C21H20FN5O. The SMILES string of the molecule is C[C@@H](NC(=O)c1ccc(F)cc1)c1ccc2c(n1)CCCN2c1ncccn1. The van der Waals surface area contributed by atoms with Crippen molar-refractivity contribution in [2.75, 3.05) is 11.4 Å². The van der Waals surface area contributed by atoms with Gasteiger partial charge in [-0.2, -0.15) is 0 Å². The van der Waals surface area contributed by atoms with Crippen LogP contribution in [-0.2, 0) is 6.42 Å². The van der Waals surface area contributed by atoms with E-state index in [0.717, 1.165) is 36.5 Å². The molecule has 0 bridgehead atoms. The van der Waals surface area contributed by atoms with E-state index in [0.29, 0.717) is 11.5 Å². The van der Waals surface area contributed by atoms with Gasteiger partial charge in [0, 0.05) is 24.5 Å². The molecule has 6 nitrogen and oxygen atoms in total. The summed E-state index contributed by atoms with van der Waals surface area (Å²) in [7, 11) is 0. The van der Waals surface area contributed by atoms with Crippen molar-refractivity contribution in [1.82, 2.24) is 20.3 Å². The summed E-state index contributed by atoms with van der Waals surface area (Å²) in [4.78, 5) is 27.9. The summed E-state index contributed by atoms with van der Waals surface area (Å²) in [6.45, 7) is 2.73. The van der Waals surface area contributed by atoms with Crippen LogP contribution in [0.1, 0.15) is 41.1 Å². The maximum Gasteiger partial charge on any atom is 0.251 e. The van der Waals surface area contributed by atoms with E-state index in [-0.39, 0.29) is 17.8 Å². The Labute approximate surface area is 162 Å². The molecule has 1 amide bonds. The van der Waals surface area contributed by atoms with E-state index in [4.69, 9.17) is 4.98 Å². The number of hydrogen-bond acceptors (Lipinski definition) is 5. The van der Waals surface area contributed by atoms with Crippen molar-refractivity contribution in [2.24, 2.45) is 0 Å². The summed E-state index contributed by atoms with van der Waals surface area (Å²) in [5.41, 5.74) is 3.17. The van der Waals surface area contributed by atoms with Gasteiger partial charge in [-0.15, -0.1) is 0 Å². The number of pyridine rings is 1. The standard InChI is InChI=1S/C21H20FN5O/c1-14(25-20(28)15-5-7-16(22)8-6-15)17-9-10-19-18(26-17)4-2-13-27(19)21-23-11-3-12-24-21/h3,5-12,14H,2,4,13H2,1H3,(H,25,28)/t14-/m1/s1. The molecule has 4 rings (SSSR count). The minimum atomic E-state index is -0.368. The molecular weight excluding hydrogens is 357 g/mol. The van der Waals surface area contributed by atoms with Crippen LogP contribution in [-0.4, -0.2) is 27.4 Å². The second-order valence-electron chi connectivity index (χ2n) is 6.71. The molecule has 7 heteroatoms. The number of aromatic nitrogens is 3. The summed E-state index contributed by atoms with van der Waals surface area (Å²) in [6, 6.07) is 10.9. The highest BCUT2D eigenvalue weighted by atomic mass is 19.1. The Balaban J connectivity index is 1.53.